The van der Waals surface area contributed by atoms with Gasteiger partial charge in [-0.05, 0) is 37.5 Å². The molecule has 0 aliphatic heterocycles. The predicted molar refractivity (Wildman–Crippen MR) is 82.4 cm³/mol. The van der Waals surface area contributed by atoms with Gasteiger partial charge in [-0.3, -0.25) is 11.3 Å². The summed E-state index contributed by atoms with van der Waals surface area (Å²) < 4.78 is 5.46. The Morgan fingerprint density at radius 3 is 2.58 bits per heavy atom. The molecule has 0 saturated heterocycles. The standard InChI is InChI=1S/C15H24N2OS/c1-2-18-13-9-7-12(8-10-13)15(17-16)11-19-14-5-3-4-6-14/h7-10,14-15,17H,2-6,11,16H2,1H3. The lowest BCUT2D eigenvalue weighted by atomic mass is 10.1. The summed E-state index contributed by atoms with van der Waals surface area (Å²) >= 11 is 2.05. The van der Waals surface area contributed by atoms with E-state index in [1.807, 2.05) is 19.1 Å². The summed E-state index contributed by atoms with van der Waals surface area (Å²) in [6, 6.07) is 8.46. The van der Waals surface area contributed by atoms with Crippen molar-refractivity contribution >= 4 is 11.8 Å². The van der Waals surface area contributed by atoms with Gasteiger partial charge in [-0.2, -0.15) is 11.8 Å². The van der Waals surface area contributed by atoms with Gasteiger partial charge in [0.2, 0.25) is 0 Å². The number of nitrogens with two attached hydrogens (primary N) is 1. The highest BCUT2D eigenvalue weighted by Gasteiger charge is 2.18. The Morgan fingerprint density at radius 2 is 2.00 bits per heavy atom. The number of thioether (sulfide) groups is 1. The maximum absolute atomic E-state index is 5.69. The van der Waals surface area contributed by atoms with Crippen molar-refractivity contribution in [3.8, 4) is 5.75 Å². The topological polar surface area (TPSA) is 47.3 Å². The molecule has 0 amide bonds. The molecule has 0 aromatic heterocycles. The van der Waals surface area contributed by atoms with Gasteiger partial charge in [0.25, 0.3) is 0 Å². The molecule has 106 valence electrons. The van der Waals surface area contributed by atoms with E-state index in [0.717, 1.165) is 16.8 Å². The van der Waals surface area contributed by atoms with E-state index in [2.05, 4.69) is 29.3 Å². The first-order valence-corrected chi connectivity index (χ1v) is 8.19. The Balaban J connectivity index is 1.88. The average Bonchev–Trinajstić information content (AvgIpc) is 2.95. The molecule has 1 unspecified atom stereocenters. The van der Waals surface area contributed by atoms with Gasteiger partial charge in [0, 0.05) is 11.0 Å². The lowest BCUT2D eigenvalue weighted by molar-refractivity contribution is 0.340. The monoisotopic (exact) mass is 280 g/mol. The second kappa shape index (κ2) is 7.78. The van der Waals surface area contributed by atoms with E-state index >= 15 is 0 Å². The van der Waals surface area contributed by atoms with Crippen LogP contribution in [0.15, 0.2) is 24.3 Å². The van der Waals surface area contributed by atoms with Crippen LogP contribution < -0.4 is 16.0 Å². The van der Waals surface area contributed by atoms with E-state index in [1.54, 1.807) is 0 Å². The molecular weight excluding hydrogens is 256 g/mol. The number of rotatable bonds is 7. The Hall–Kier alpha value is -0.710. The molecule has 1 aromatic rings. The zero-order chi connectivity index (χ0) is 13.5. The second-order valence-corrected chi connectivity index (χ2v) is 6.29. The molecule has 3 nitrogen and oxygen atoms in total. The van der Waals surface area contributed by atoms with Crippen LogP contribution in [0.4, 0.5) is 0 Å². The maximum Gasteiger partial charge on any atom is 0.119 e. The van der Waals surface area contributed by atoms with E-state index in [4.69, 9.17) is 10.6 Å². The fourth-order valence-electron chi connectivity index (χ4n) is 2.49. The Labute approximate surface area is 120 Å². The molecule has 1 aliphatic rings. The molecule has 0 bridgehead atoms. The largest absolute Gasteiger partial charge is 0.494 e. The highest BCUT2D eigenvalue weighted by Crippen LogP contribution is 2.32. The normalized spacial score (nSPS) is 17.6. The van der Waals surface area contributed by atoms with Crippen LogP contribution in [0.5, 0.6) is 5.75 Å². The van der Waals surface area contributed by atoms with Crippen molar-refractivity contribution in [2.75, 3.05) is 12.4 Å². The quantitative estimate of drug-likeness (QED) is 0.594. The first-order valence-electron chi connectivity index (χ1n) is 7.14. The summed E-state index contributed by atoms with van der Waals surface area (Å²) in [5.41, 5.74) is 4.16. The van der Waals surface area contributed by atoms with Crippen LogP contribution in [-0.2, 0) is 0 Å². The lowest BCUT2D eigenvalue weighted by Gasteiger charge is -2.18. The third-order valence-electron chi connectivity index (χ3n) is 3.60. The first-order chi connectivity index (χ1) is 9.33. The van der Waals surface area contributed by atoms with Gasteiger partial charge in [-0.1, -0.05) is 25.0 Å². The van der Waals surface area contributed by atoms with Gasteiger partial charge < -0.3 is 4.74 Å². The molecule has 0 spiro atoms. The van der Waals surface area contributed by atoms with Crippen molar-refractivity contribution in [3.63, 3.8) is 0 Å². The molecule has 19 heavy (non-hydrogen) atoms. The lowest BCUT2D eigenvalue weighted by Crippen LogP contribution is -2.30. The Morgan fingerprint density at radius 1 is 1.32 bits per heavy atom. The predicted octanol–water partition coefficient (Wildman–Crippen LogP) is 3.27. The molecule has 3 N–H and O–H groups in total. The fraction of sp³-hybridized carbons (Fsp3) is 0.600. The Bertz CT molecular complexity index is 363. The molecule has 1 fully saturated rings. The number of nitrogens with one attached hydrogen (secondary N) is 1. The van der Waals surface area contributed by atoms with Crippen molar-refractivity contribution in [3.05, 3.63) is 29.8 Å². The van der Waals surface area contributed by atoms with Gasteiger partial charge in [-0.25, -0.2) is 0 Å². The zero-order valence-electron chi connectivity index (χ0n) is 11.6. The van der Waals surface area contributed by atoms with Crippen LogP contribution in [0.3, 0.4) is 0 Å². The van der Waals surface area contributed by atoms with Crippen LogP contribution in [0, 0.1) is 0 Å². The number of hydrogen-bond acceptors (Lipinski definition) is 4. The maximum atomic E-state index is 5.69. The minimum Gasteiger partial charge on any atom is -0.494 e. The van der Waals surface area contributed by atoms with Gasteiger partial charge in [0.1, 0.15) is 5.75 Å². The van der Waals surface area contributed by atoms with Crippen LogP contribution in [0.1, 0.15) is 44.2 Å². The summed E-state index contributed by atoms with van der Waals surface area (Å²) in [6.07, 6.45) is 5.51. The second-order valence-electron chi connectivity index (χ2n) is 4.96. The summed E-state index contributed by atoms with van der Waals surface area (Å²) in [7, 11) is 0. The molecule has 1 saturated carbocycles. The average molecular weight is 280 g/mol. The Kier molecular flexibility index (Phi) is 6.01. The van der Waals surface area contributed by atoms with Gasteiger partial charge >= 0.3 is 0 Å². The van der Waals surface area contributed by atoms with Gasteiger partial charge in [-0.15, -0.1) is 0 Å². The summed E-state index contributed by atoms with van der Waals surface area (Å²) in [6.45, 7) is 2.70. The number of benzene rings is 1. The van der Waals surface area contributed by atoms with Crippen molar-refractivity contribution in [2.45, 2.75) is 43.9 Å². The number of hydrazine groups is 1. The minimum absolute atomic E-state index is 0.223. The molecule has 0 heterocycles. The van der Waals surface area contributed by atoms with Crippen LogP contribution in [0.2, 0.25) is 0 Å². The van der Waals surface area contributed by atoms with Crippen molar-refractivity contribution in [1.29, 1.82) is 0 Å². The molecule has 1 atom stereocenters. The van der Waals surface area contributed by atoms with Crippen molar-refractivity contribution in [1.82, 2.24) is 5.43 Å². The molecular formula is C15H24N2OS. The number of hydrogen-bond donors (Lipinski definition) is 2. The fourth-order valence-corrected chi connectivity index (χ4v) is 3.91. The van der Waals surface area contributed by atoms with Gasteiger partial charge in [0.05, 0.1) is 12.6 Å². The molecule has 0 radical (unpaired) electrons. The SMILES string of the molecule is CCOc1ccc(C(CSC2CCCC2)NN)cc1. The first kappa shape index (κ1) is 14.7. The van der Waals surface area contributed by atoms with Crippen LogP contribution >= 0.6 is 11.8 Å². The van der Waals surface area contributed by atoms with Crippen LogP contribution in [0.25, 0.3) is 0 Å². The summed E-state index contributed by atoms with van der Waals surface area (Å²) in [5.74, 6) is 7.65. The zero-order valence-corrected chi connectivity index (χ0v) is 12.4. The molecule has 1 aliphatic carbocycles. The highest BCUT2D eigenvalue weighted by atomic mass is 32.2. The summed E-state index contributed by atoms with van der Waals surface area (Å²) in [4.78, 5) is 0. The van der Waals surface area contributed by atoms with E-state index < -0.39 is 0 Å². The van der Waals surface area contributed by atoms with Crippen molar-refractivity contribution < 1.29 is 4.74 Å². The highest BCUT2D eigenvalue weighted by molar-refractivity contribution is 7.99. The smallest absolute Gasteiger partial charge is 0.119 e. The van der Waals surface area contributed by atoms with Gasteiger partial charge in [0.15, 0.2) is 0 Å². The molecule has 4 heteroatoms. The van der Waals surface area contributed by atoms with Crippen LogP contribution in [-0.4, -0.2) is 17.6 Å². The van der Waals surface area contributed by atoms with E-state index in [9.17, 15) is 0 Å². The molecule has 2 rings (SSSR count). The third kappa shape index (κ3) is 4.41. The molecule has 1 aromatic carbocycles. The van der Waals surface area contributed by atoms with E-state index in [-0.39, 0.29) is 6.04 Å². The van der Waals surface area contributed by atoms with E-state index in [1.165, 1.54) is 31.2 Å². The van der Waals surface area contributed by atoms with Crippen molar-refractivity contribution in [2.24, 2.45) is 5.84 Å². The number of ether oxygens (including phenoxy) is 1. The summed E-state index contributed by atoms with van der Waals surface area (Å²) in [5, 5.41) is 0.832. The third-order valence-corrected chi connectivity index (χ3v) is 5.06. The minimum atomic E-state index is 0.223. The van der Waals surface area contributed by atoms with E-state index in [0.29, 0.717) is 6.61 Å².